The SMILES string of the molecule is CCC(O)(c1ccoc1)c1ccoc1. The molecule has 74 valence electrons. The minimum Gasteiger partial charge on any atom is -0.472 e. The van der Waals surface area contributed by atoms with Crippen LogP contribution in [-0.4, -0.2) is 5.11 Å². The lowest BCUT2D eigenvalue weighted by molar-refractivity contribution is 0.0752. The lowest BCUT2D eigenvalue weighted by atomic mass is 9.88. The molecule has 0 bridgehead atoms. The van der Waals surface area contributed by atoms with Gasteiger partial charge in [-0.15, -0.1) is 0 Å². The van der Waals surface area contributed by atoms with E-state index < -0.39 is 5.60 Å². The van der Waals surface area contributed by atoms with E-state index in [1.165, 1.54) is 0 Å². The van der Waals surface area contributed by atoms with Crippen LogP contribution in [0.1, 0.15) is 24.5 Å². The Balaban J connectivity index is 2.45. The molecule has 2 aromatic rings. The predicted molar refractivity (Wildman–Crippen MR) is 50.7 cm³/mol. The van der Waals surface area contributed by atoms with Crippen LogP contribution in [0.25, 0.3) is 0 Å². The van der Waals surface area contributed by atoms with Crippen molar-refractivity contribution in [3.63, 3.8) is 0 Å². The number of hydrogen-bond donors (Lipinski definition) is 1. The molecule has 0 amide bonds. The van der Waals surface area contributed by atoms with Crippen LogP contribution in [0.2, 0.25) is 0 Å². The Morgan fingerprint density at radius 1 is 1.14 bits per heavy atom. The molecule has 0 saturated carbocycles. The highest BCUT2D eigenvalue weighted by molar-refractivity contribution is 5.31. The van der Waals surface area contributed by atoms with Gasteiger partial charge in [-0.1, -0.05) is 6.92 Å². The van der Waals surface area contributed by atoms with Crippen molar-refractivity contribution in [2.24, 2.45) is 0 Å². The molecule has 0 aliphatic carbocycles. The van der Waals surface area contributed by atoms with Crippen LogP contribution in [0.15, 0.2) is 46.0 Å². The molecule has 0 aliphatic rings. The summed E-state index contributed by atoms with van der Waals surface area (Å²) < 4.78 is 9.94. The standard InChI is InChI=1S/C11H12O3/c1-2-11(12,9-3-5-13-7-9)10-4-6-14-8-10/h3-8,12H,2H2,1H3. The Kier molecular flexibility index (Phi) is 2.17. The maximum Gasteiger partial charge on any atom is 0.120 e. The quantitative estimate of drug-likeness (QED) is 0.812. The summed E-state index contributed by atoms with van der Waals surface area (Å²) in [5.41, 5.74) is 0.503. The molecule has 0 atom stereocenters. The fourth-order valence-corrected chi connectivity index (χ4v) is 1.57. The van der Waals surface area contributed by atoms with Gasteiger partial charge in [0.25, 0.3) is 0 Å². The highest BCUT2D eigenvalue weighted by Crippen LogP contribution is 2.33. The largest absolute Gasteiger partial charge is 0.472 e. The Bertz CT molecular complexity index is 338. The first kappa shape index (κ1) is 9.09. The number of furan rings is 2. The molecule has 0 aromatic carbocycles. The molecule has 2 rings (SSSR count). The first-order chi connectivity index (χ1) is 6.77. The zero-order valence-electron chi connectivity index (χ0n) is 7.93. The van der Waals surface area contributed by atoms with Gasteiger partial charge in [-0.05, 0) is 18.6 Å². The third-order valence-electron chi connectivity index (χ3n) is 2.51. The molecular weight excluding hydrogens is 180 g/mol. The van der Waals surface area contributed by atoms with Gasteiger partial charge in [-0.2, -0.15) is 0 Å². The molecule has 14 heavy (non-hydrogen) atoms. The number of aliphatic hydroxyl groups is 1. The normalized spacial score (nSPS) is 11.9. The molecule has 0 unspecified atom stereocenters. The lowest BCUT2D eigenvalue weighted by Gasteiger charge is -2.23. The Morgan fingerprint density at radius 3 is 1.93 bits per heavy atom. The summed E-state index contributed by atoms with van der Waals surface area (Å²) in [6, 6.07) is 3.52. The molecule has 0 spiro atoms. The fraction of sp³-hybridized carbons (Fsp3) is 0.273. The second-order valence-electron chi connectivity index (χ2n) is 3.24. The van der Waals surface area contributed by atoms with Gasteiger partial charge >= 0.3 is 0 Å². The maximum atomic E-state index is 10.4. The van der Waals surface area contributed by atoms with Gasteiger partial charge in [0.1, 0.15) is 5.60 Å². The summed E-state index contributed by atoms with van der Waals surface area (Å²) in [5, 5.41) is 10.4. The van der Waals surface area contributed by atoms with E-state index in [0.717, 1.165) is 11.1 Å². The summed E-state index contributed by atoms with van der Waals surface area (Å²) in [4.78, 5) is 0. The van der Waals surface area contributed by atoms with Crippen LogP contribution in [0, 0.1) is 0 Å². The van der Waals surface area contributed by atoms with E-state index in [0.29, 0.717) is 6.42 Å². The molecule has 1 N–H and O–H groups in total. The Morgan fingerprint density at radius 2 is 1.64 bits per heavy atom. The lowest BCUT2D eigenvalue weighted by Crippen LogP contribution is -2.24. The van der Waals surface area contributed by atoms with Crippen LogP contribution < -0.4 is 0 Å². The van der Waals surface area contributed by atoms with E-state index in [4.69, 9.17) is 8.83 Å². The van der Waals surface area contributed by atoms with E-state index in [-0.39, 0.29) is 0 Å². The average molecular weight is 192 g/mol. The van der Waals surface area contributed by atoms with Gasteiger partial charge < -0.3 is 13.9 Å². The molecule has 0 saturated heterocycles. The second kappa shape index (κ2) is 3.35. The van der Waals surface area contributed by atoms with Crippen LogP contribution in [0.5, 0.6) is 0 Å². The van der Waals surface area contributed by atoms with E-state index in [1.807, 2.05) is 6.92 Å². The van der Waals surface area contributed by atoms with Crippen molar-refractivity contribution >= 4 is 0 Å². The van der Waals surface area contributed by atoms with Gasteiger partial charge in [-0.3, -0.25) is 0 Å². The van der Waals surface area contributed by atoms with Crippen molar-refractivity contribution in [2.45, 2.75) is 18.9 Å². The third kappa shape index (κ3) is 1.26. The number of rotatable bonds is 3. The van der Waals surface area contributed by atoms with Crippen LogP contribution in [0.4, 0.5) is 0 Å². The zero-order chi connectivity index (χ0) is 10.0. The second-order valence-corrected chi connectivity index (χ2v) is 3.24. The molecule has 0 fully saturated rings. The van der Waals surface area contributed by atoms with Gasteiger partial charge in [0.2, 0.25) is 0 Å². The first-order valence-electron chi connectivity index (χ1n) is 4.55. The first-order valence-corrected chi connectivity index (χ1v) is 4.55. The van der Waals surface area contributed by atoms with Gasteiger partial charge in [0, 0.05) is 11.1 Å². The minimum atomic E-state index is -1.00. The van der Waals surface area contributed by atoms with Crippen LogP contribution >= 0.6 is 0 Å². The highest BCUT2D eigenvalue weighted by atomic mass is 16.3. The third-order valence-corrected chi connectivity index (χ3v) is 2.51. The van der Waals surface area contributed by atoms with E-state index in [1.54, 1.807) is 37.2 Å². The highest BCUT2D eigenvalue weighted by Gasteiger charge is 2.31. The summed E-state index contributed by atoms with van der Waals surface area (Å²) in [6.07, 6.45) is 6.78. The molecule has 0 radical (unpaired) electrons. The van der Waals surface area contributed by atoms with Gasteiger partial charge in [0.15, 0.2) is 0 Å². The Labute approximate surface area is 82.0 Å². The topological polar surface area (TPSA) is 46.5 Å². The zero-order valence-corrected chi connectivity index (χ0v) is 7.93. The summed E-state index contributed by atoms with van der Waals surface area (Å²) in [7, 11) is 0. The molecular formula is C11H12O3. The van der Waals surface area contributed by atoms with Crippen molar-refractivity contribution in [1.82, 2.24) is 0 Å². The monoisotopic (exact) mass is 192 g/mol. The summed E-state index contributed by atoms with van der Waals surface area (Å²) >= 11 is 0. The molecule has 3 heteroatoms. The van der Waals surface area contributed by atoms with Crippen LogP contribution in [-0.2, 0) is 5.60 Å². The van der Waals surface area contributed by atoms with Crippen LogP contribution in [0.3, 0.4) is 0 Å². The Hall–Kier alpha value is -1.48. The van der Waals surface area contributed by atoms with E-state index in [2.05, 4.69) is 0 Å². The molecule has 2 heterocycles. The molecule has 3 nitrogen and oxygen atoms in total. The van der Waals surface area contributed by atoms with Crippen molar-refractivity contribution in [3.8, 4) is 0 Å². The minimum absolute atomic E-state index is 0.575. The smallest absolute Gasteiger partial charge is 0.120 e. The van der Waals surface area contributed by atoms with Crippen molar-refractivity contribution in [1.29, 1.82) is 0 Å². The van der Waals surface area contributed by atoms with Crippen molar-refractivity contribution < 1.29 is 13.9 Å². The number of hydrogen-bond acceptors (Lipinski definition) is 3. The summed E-state index contributed by atoms with van der Waals surface area (Å²) in [5.74, 6) is 0. The average Bonchev–Trinajstić information content (AvgIpc) is 2.88. The predicted octanol–water partition coefficient (Wildman–Crippen LogP) is 2.52. The summed E-state index contributed by atoms with van der Waals surface area (Å²) in [6.45, 7) is 1.92. The van der Waals surface area contributed by atoms with E-state index in [9.17, 15) is 5.11 Å². The molecule has 2 aromatic heterocycles. The van der Waals surface area contributed by atoms with Gasteiger partial charge in [0.05, 0.1) is 25.1 Å². The maximum absolute atomic E-state index is 10.4. The fourth-order valence-electron chi connectivity index (χ4n) is 1.57. The molecule has 0 aliphatic heterocycles. The van der Waals surface area contributed by atoms with Crippen molar-refractivity contribution in [3.05, 3.63) is 48.3 Å². The van der Waals surface area contributed by atoms with Crippen molar-refractivity contribution in [2.75, 3.05) is 0 Å². The van der Waals surface area contributed by atoms with Gasteiger partial charge in [-0.25, -0.2) is 0 Å². The van der Waals surface area contributed by atoms with E-state index >= 15 is 0 Å².